The van der Waals surface area contributed by atoms with E-state index in [0.29, 0.717) is 11.4 Å². The minimum atomic E-state index is -0.239. The van der Waals surface area contributed by atoms with Crippen molar-refractivity contribution in [1.29, 1.82) is 0 Å². The van der Waals surface area contributed by atoms with Crippen molar-refractivity contribution in [3.63, 3.8) is 0 Å². The molecule has 0 spiro atoms. The SMILES string of the molecule is CC(NC(=O)c1ccc(=O)n(-c2ccccc2)n1)C12CC3CC(CC(C3)C1)C2. The lowest BCUT2D eigenvalue weighted by atomic mass is 9.48. The fourth-order valence-electron chi connectivity index (χ4n) is 6.42. The van der Waals surface area contributed by atoms with Crippen LogP contribution in [-0.2, 0) is 0 Å². The first-order valence-electron chi connectivity index (χ1n) is 10.5. The molecule has 1 aromatic carbocycles. The summed E-state index contributed by atoms with van der Waals surface area (Å²) >= 11 is 0. The lowest BCUT2D eigenvalue weighted by Gasteiger charge is -2.59. The largest absolute Gasteiger partial charge is 0.348 e. The second-order valence-corrected chi connectivity index (χ2v) is 9.28. The third kappa shape index (κ3) is 2.97. The van der Waals surface area contributed by atoms with Crippen molar-refractivity contribution < 1.29 is 4.79 Å². The van der Waals surface area contributed by atoms with Crippen LogP contribution in [-0.4, -0.2) is 21.7 Å². The van der Waals surface area contributed by atoms with E-state index in [1.54, 1.807) is 0 Å². The van der Waals surface area contributed by atoms with Gasteiger partial charge in [0.1, 0.15) is 5.69 Å². The lowest BCUT2D eigenvalue weighted by Crippen LogP contribution is -2.55. The number of para-hydroxylation sites is 1. The molecule has 4 aliphatic carbocycles. The van der Waals surface area contributed by atoms with Crippen molar-refractivity contribution >= 4 is 5.91 Å². The van der Waals surface area contributed by atoms with Crippen LogP contribution in [0.4, 0.5) is 0 Å². The third-order valence-electron chi connectivity index (χ3n) is 7.39. The van der Waals surface area contributed by atoms with Gasteiger partial charge in [0.15, 0.2) is 0 Å². The van der Waals surface area contributed by atoms with Crippen LogP contribution >= 0.6 is 0 Å². The highest BCUT2D eigenvalue weighted by Crippen LogP contribution is 2.61. The highest BCUT2D eigenvalue weighted by atomic mass is 16.2. The van der Waals surface area contributed by atoms with Gasteiger partial charge in [-0.05, 0) is 86.8 Å². The molecule has 0 saturated heterocycles. The van der Waals surface area contributed by atoms with Crippen molar-refractivity contribution in [1.82, 2.24) is 15.1 Å². The first-order chi connectivity index (χ1) is 13.5. The predicted molar refractivity (Wildman–Crippen MR) is 107 cm³/mol. The molecule has 4 aliphatic rings. The quantitative estimate of drug-likeness (QED) is 0.886. The van der Waals surface area contributed by atoms with Crippen LogP contribution in [0, 0.1) is 23.2 Å². The molecule has 4 saturated carbocycles. The number of aromatic nitrogens is 2. The first kappa shape index (κ1) is 17.7. The number of carbonyl (C=O) groups is 1. The first-order valence-corrected chi connectivity index (χ1v) is 10.5. The second kappa shape index (κ2) is 6.57. The Morgan fingerprint density at radius 2 is 1.64 bits per heavy atom. The Labute approximate surface area is 165 Å². The predicted octanol–water partition coefficient (Wildman–Crippen LogP) is 3.57. The molecule has 28 heavy (non-hydrogen) atoms. The number of nitrogens with zero attached hydrogens (tertiary/aromatic N) is 2. The minimum Gasteiger partial charge on any atom is -0.348 e. The molecule has 1 unspecified atom stereocenters. The normalized spacial score (nSPS) is 31.5. The maximum Gasteiger partial charge on any atom is 0.271 e. The van der Waals surface area contributed by atoms with Crippen LogP contribution in [0.2, 0.25) is 0 Å². The van der Waals surface area contributed by atoms with E-state index in [0.717, 1.165) is 17.8 Å². The number of amides is 1. The van der Waals surface area contributed by atoms with Gasteiger partial charge in [0.05, 0.1) is 5.69 Å². The maximum absolute atomic E-state index is 13.0. The molecule has 6 rings (SSSR count). The van der Waals surface area contributed by atoms with Gasteiger partial charge < -0.3 is 5.32 Å². The summed E-state index contributed by atoms with van der Waals surface area (Å²) in [5.74, 6) is 2.36. The van der Waals surface area contributed by atoms with Gasteiger partial charge in [-0.2, -0.15) is 9.78 Å². The van der Waals surface area contributed by atoms with Gasteiger partial charge in [-0.1, -0.05) is 18.2 Å². The topological polar surface area (TPSA) is 64.0 Å². The average Bonchev–Trinajstić information content (AvgIpc) is 2.68. The summed E-state index contributed by atoms with van der Waals surface area (Å²) in [6.45, 7) is 2.16. The van der Waals surface area contributed by atoms with Gasteiger partial charge in [0.2, 0.25) is 0 Å². The summed E-state index contributed by atoms with van der Waals surface area (Å²) in [7, 11) is 0. The van der Waals surface area contributed by atoms with Crippen molar-refractivity contribution in [3.8, 4) is 5.69 Å². The zero-order valence-electron chi connectivity index (χ0n) is 16.3. The highest BCUT2D eigenvalue weighted by molar-refractivity contribution is 5.92. The minimum absolute atomic E-state index is 0.132. The van der Waals surface area contributed by atoms with Crippen LogP contribution in [0.15, 0.2) is 47.3 Å². The third-order valence-corrected chi connectivity index (χ3v) is 7.39. The Morgan fingerprint density at radius 1 is 1.04 bits per heavy atom. The Balaban J connectivity index is 1.37. The van der Waals surface area contributed by atoms with Gasteiger partial charge in [-0.3, -0.25) is 9.59 Å². The van der Waals surface area contributed by atoms with E-state index in [1.807, 2.05) is 30.3 Å². The van der Waals surface area contributed by atoms with E-state index in [2.05, 4.69) is 17.3 Å². The smallest absolute Gasteiger partial charge is 0.271 e. The second-order valence-electron chi connectivity index (χ2n) is 9.28. The van der Waals surface area contributed by atoms with E-state index in [9.17, 15) is 9.59 Å². The summed E-state index contributed by atoms with van der Waals surface area (Å²) in [5, 5.41) is 7.57. The molecule has 0 aliphatic heterocycles. The molecular weight excluding hydrogens is 350 g/mol. The number of nitrogens with one attached hydrogen (secondary N) is 1. The number of rotatable bonds is 4. The van der Waals surface area contributed by atoms with Crippen LogP contribution in [0.5, 0.6) is 0 Å². The molecule has 1 atom stereocenters. The van der Waals surface area contributed by atoms with Crippen molar-refractivity contribution in [3.05, 3.63) is 58.5 Å². The fourth-order valence-corrected chi connectivity index (χ4v) is 6.42. The van der Waals surface area contributed by atoms with Crippen LogP contribution in [0.1, 0.15) is 55.9 Å². The molecule has 146 valence electrons. The highest BCUT2D eigenvalue weighted by Gasteiger charge is 2.53. The molecule has 1 heterocycles. The number of hydrogen-bond donors (Lipinski definition) is 1. The van der Waals surface area contributed by atoms with Crippen molar-refractivity contribution in [2.24, 2.45) is 23.2 Å². The molecule has 4 bridgehead atoms. The number of benzene rings is 1. The van der Waals surface area contributed by atoms with E-state index >= 15 is 0 Å². The van der Waals surface area contributed by atoms with Crippen LogP contribution in [0.25, 0.3) is 5.69 Å². The fraction of sp³-hybridized carbons (Fsp3) is 0.522. The van der Waals surface area contributed by atoms with Gasteiger partial charge >= 0.3 is 0 Å². The standard InChI is InChI=1S/C23H27N3O2/c1-15(23-12-16-9-17(13-23)11-18(10-16)14-23)24-22(28)20-7-8-21(27)26(25-20)19-5-3-2-4-6-19/h2-8,15-18H,9-14H2,1H3,(H,24,28). The van der Waals surface area contributed by atoms with Crippen LogP contribution < -0.4 is 10.9 Å². The molecule has 1 amide bonds. The monoisotopic (exact) mass is 377 g/mol. The number of carbonyl (C=O) groups excluding carboxylic acids is 1. The van der Waals surface area contributed by atoms with Gasteiger partial charge in [0, 0.05) is 12.1 Å². The average molecular weight is 377 g/mol. The van der Waals surface area contributed by atoms with Crippen molar-refractivity contribution in [2.75, 3.05) is 0 Å². The molecule has 1 aromatic heterocycles. The zero-order valence-corrected chi connectivity index (χ0v) is 16.3. The zero-order chi connectivity index (χ0) is 19.3. The Bertz CT molecular complexity index is 915. The molecule has 1 N–H and O–H groups in total. The Morgan fingerprint density at radius 3 is 2.25 bits per heavy atom. The van der Waals surface area contributed by atoms with Crippen LogP contribution in [0.3, 0.4) is 0 Å². The molecule has 5 nitrogen and oxygen atoms in total. The van der Waals surface area contributed by atoms with Gasteiger partial charge in [-0.25, -0.2) is 0 Å². The van der Waals surface area contributed by atoms with Gasteiger partial charge in [0.25, 0.3) is 11.5 Å². The molecular formula is C23H27N3O2. The summed E-state index contributed by atoms with van der Waals surface area (Å²) in [6, 6.07) is 12.3. The maximum atomic E-state index is 13.0. The molecule has 5 heteroatoms. The van der Waals surface area contributed by atoms with Crippen molar-refractivity contribution in [2.45, 2.75) is 51.5 Å². The van der Waals surface area contributed by atoms with Gasteiger partial charge in [-0.15, -0.1) is 0 Å². The summed E-state index contributed by atoms with van der Waals surface area (Å²) in [4.78, 5) is 25.2. The number of hydrogen-bond acceptors (Lipinski definition) is 3. The van der Waals surface area contributed by atoms with E-state index in [1.165, 1.54) is 55.3 Å². The molecule has 4 fully saturated rings. The molecule has 2 aromatic rings. The molecule has 0 radical (unpaired) electrons. The van der Waals surface area contributed by atoms with E-state index < -0.39 is 0 Å². The van der Waals surface area contributed by atoms with E-state index in [4.69, 9.17) is 0 Å². The lowest BCUT2D eigenvalue weighted by molar-refractivity contribution is -0.0688. The summed E-state index contributed by atoms with van der Waals surface area (Å²) < 4.78 is 1.30. The van der Waals surface area contributed by atoms with E-state index in [-0.39, 0.29) is 22.9 Å². The summed E-state index contributed by atoms with van der Waals surface area (Å²) in [5.41, 5.74) is 0.964. The Hall–Kier alpha value is -2.43. The summed E-state index contributed by atoms with van der Waals surface area (Å²) in [6.07, 6.45) is 7.92. The Kier molecular flexibility index (Phi) is 4.14.